The van der Waals surface area contributed by atoms with Crippen LogP contribution in [0.15, 0.2) is 12.3 Å². The van der Waals surface area contributed by atoms with Crippen LogP contribution < -0.4 is 0 Å². The van der Waals surface area contributed by atoms with E-state index in [1.165, 1.54) is 0 Å². The minimum atomic E-state index is -0.420. The Morgan fingerprint density at radius 1 is 1.62 bits per heavy atom. The molecule has 0 aromatic carbocycles. The maximum atomic E-state index is 11.3. The Balaban J connectivity index is 2.43. The van der Waals surface area contributed by atoms with Crippen molar-refractivity contribution in [2.24, 2.45) is 0 Å². The lowest BCUT2D eigenvalue weighted by Crippen LogP contribution is -2.24. The molecule has 0 saturated carbocycles. The monoisotopic (exact) mass is 182 g/mol. The zero-order valence-electron chi connectivity index (χ0n) is 8.13. The molecule has 1 heterocycles. The minimum absolute atomic E-state index is 0.239. The highest BCUT2D eigenvalue weighted by Crippen LogP contribution is 2.08. The third-order valence-electron chi connectivity index (χ3n) is 1.31. The Hall–Kier alpha value is -1.32. The molecular formula is C9H14N2O2. The normalized spacial score (nSPS) is 11.3. The number of aromatic amines is 1. The summed E-state index contributed by atoms with van der Waals surface area (Å²) in [5.41, 5.74) is 0.353. The van der Waals surface area contributed by atoms with E-state index in [2.05, 4.69) is 10.2 Å². The number of carbonyl (C=O) groups is 1. The van der Waals surface area contributed by atoms with Gasteiger partial charge in [0.1, 0.15) is 5.60 Å². The third-order valence-corrected chi connectivity index (χ3v) is 1.31. The van der Waals surface area contributed by atoms with Crippen molar-refractivity contribution in [1.82, 2.24) is 10.2 Å². The van der Waals surface area contributed by atoms with E-state index in [1.54, 1.807) is 12.3 Å². The topological polar surface area (TPSA) is 55.0 Å². The molecule has 0 unspecified atom stereocenters. The van der Waals surface area contributed by atoms with E-state index in [0.717, 1.165) is 5.69 Å². The highest BCUT2D eigenvalue weighted by Gasteiger charge is 2.16. The van der Waals surface area contributed by atoms with Crippen molar-refractivity contribution in [2.45, 2.75) is 32.8 Å². The maximum absolute atomic E-state index is 11.3. The van der Waals surface area contributed by atoms with Gasteiger partial charge in [0.15, 0.2) is 0 Å². The number of H-pyrrole nitrogens is 1. The fourth-order valence-corrected chi connectivity index (χ4v) is 0.916. The van der Waals surface area contributed by atoms with Crippen LogP contribution in [-0.4, -0.2) is 21.8 Å². The molecule has 0 spiro atoms. The number of nitrogens with one attached hydrogen (secondary N) is 1. The molecule has 0 radical (unpaired) electrons. The molecule has 1 N–H and O–H groups in total. The largest absolute Gasteiger partial charge is 0.460 e. The van der Waals surface area contributed by atoms with Crippen molar-refractivity contribution < 1.29 is 9.53 Å². The molecule has 1 aromatic heterocycles. The summed E-state index contributed by atoms with van der Waals surface area (Å²) in [6.45, 7) is 5.54. The highest BCUT2D eigenvalue weighted by atomic mass is 16.6. The second-order valence-corrected chi connectivity index (χ2v) is 3.85. The van der Waals surface area contributed by atoms with Crippen LogP contribution in [0.1, 0.15) is 26.5 Å². The molecule has 4 nitrogen and oxygen atoms in total. The number of esters is 1. The minimum Gasteiger partial charge on any atom is -0.460 e. The fourth-order valence-electron chi connectivity index (χ4n) is 0.916. The number of aromatic nitrogens is 2. The van der Waals surface area contributed by atoms with Gasteiger partial charge < -0.3 is 4.74 Å². The molecule has 72 valence electrons. The summed E-state index contributed by atoms with van der Waals surface area (Å²) in [5, 5.41) is 6.44. The molecule has 0 fully saturated rings. The van der Waals surface area contributed by atoms with Crippen LogP contribution in [0.25, 0.3) is 0 Å². The lowest BCUT2D eigenvalue weighted by atomic mass is 10.2. The van der Waals surface area contributed by atoms with Crippen LogP contribution in [-0.2, 0) is 16.0 Å². The van der Waals surface area contributed by atoms with Crippen molar-refractivity contribution in [3.63, 3.8) is 0 Å². The van der Waals surface area contributed by atoms with Crippen LogP contribution in [0.5, 0.6) is 0 Å². The Kier molecular flexibility index (Phi) is 2.70. The molecule has 0 aliphatic carbocycles. The summed E-state index contributed by atoms with van der Waals surface area (Å²) >= 11 is 0. The van der Waals surface area contributed by atoms with Gasteiger partial charge in [-0.3, -0.25) is 9.89 Å². The molecule has 0 saturated heterocycles. The standard InChI is InChI=1S/C9H14N2O2/c1-9(2,3)13-8(12)6-7-4-5-10-11-7/h4-5H,6H2,1-3H3,(H,10,11). The summed E-state index contributed by atoms with van der Waals surface area (Å²) in [5.74, 6) is -0.239. The van der Waals surface area contributed by atoms with E-state index in [0.29, 0.717) is 0 Å². The van der Waals surface area contributed by atoms with E-state index in [9.17, 15) is 4.79 Å². The summed E-state index contributed by atoms with van der Waals surface area (Å²) in [7, 11) is 0. The third kappa shape index (κ3) is 3.73. The quantitative estimate of drug-likeness (QED) is 0.701. The van der Waals surface area contributed by atoms with Gasteiger partial charge >= 0.3 is 5.97 Å². The average molecular weight is 182 g/mol. The summed E-state index contributed by atoms with van der Waals surface area (Å²) in [6.07, 6.45) is 1.86. The first-order chi connectivity index (χ1) is 5.97. The van der Waals surface area contributed by atoms with Gasteiger partial charge in [-0.1, -0.05) is 0 Å². The Labute approximate surface area is 77.3 Å². The van der Waals surface area contributed by atoms with E-state index in [-0.39, 0.29) is 12.4 Å². The van der Waals surface area contributed by atoms with E-state index >= 15 is 0 Å². The van der Waals surface area contributed by atoms with Crippen molar-refractivity contribution in [2.75, 3.05) is 0 Å². The predicted molar refractivity (Wildman–Crippen MR) is 48.1 cm³/mol. The second-order valence-electron chi connectivity index (χ2n) is 3.85. The molecular weight excluding hydrogens is 168 g/mol. The van der Waals surface area contributed by atoms with Gasteiger partial charge in [0.05, 0.1) is 6.42 Å². The molecule has 1 rings (SSSR count). The van der Waals surface area contributed by atoms with E-state index in [4.69, 9.17) is 4.74 Å². The Bertz CT molecular complexity index is 272. The first-order valence-electron chi connectivity index (χ1n) is 4.17. The summed E-state index contributed by atoms with van der Waals surface area (Å²) in [4.78, 5) is 11.3. The van der Waals surface area contributed by atoms with Gasteiger partial charge in [-0.2, -0.15) is 5.10 Å². The number of hydrogen-bond donors (Lipinski definition) is 1. The lowest BCUT2D eigenvalue weighted by Gasteiger charge is -2.19. The van der Waals surface area contributed by atoms with Crippen molar-refractivity contribution >= 4 is 5.97 Å². The van der Waals surface area contributed by atoms with Crippen LogP contribution in [0.4, 0.5) is 0 Å². The van der Waals surface area contributed by atoms with Gasteiger partial charge in [0.2, 0.25) is 0 Å². The van der Waals surface area contributed by atoms with Gasteiger partial charge in [0.25, 0.3) is 0 Å². The number of rotatable bonds is 2. The number of carbonyl (C=O) groups excluding carboxylic acids is 1. The van der Waals surface area contributed by atoms with Gasteiger partial charge in [-0.05, 0) is 26.8 Å². The number of hydrogen-bond acceptors (Lipinski definition) is 3. The van der Waals surface area contributed by atoms with Crippen molar-refractivity contribution in [1.29, 1.82) is 0 Å². The fraction of sp³-hybridized carbons (Fsp3) is 0.556. The van der Waals surface area contributed by atoms with Crippen LogP contribution in [0.2, 0.25) is 0 Å². The van der Waals surface area contributed by atoms with Crippen LogP contribution in [0.3, 0.4) is 0 Å². The number of ether oxygens (including phenoxy) is 1. The SMILES string of the molecule is CC(C)(C)OC(=O)Cc1ccn[nH]1. The molecule has 4 heteroatoms. The first-order valence-corrected chi connectivity index (χ1v) is 4.17. The second kappa shape index (κ2) is 3.60. The Morgan fingerprint density at radius 2 is 2.31 bits per heavy atom. The van der Waals surface area contributed by atoms with Crippen molar-refractivity contribution in [3.8, 4) is 0 Å². The number of nitrogens with zero attached hydrogens (tertiary/aromatic N) is 1. The molecule has 0 atom stereocenters. The molecule has 0 bridgehead atoms. The average Bonchev–Trinajstić information content (AvgIpc) is 2.34. The summed E-state index contributed by atoms with van der Waals surface area (Å²) in [6, 6.07) is 1.75. The zero-order valence-corrected chi connectivity index (χ0v) is 8.13. The molecule has 0 aliphatic rings. The maximum Gasteiger partial charge on any atom is 0.312 e. The molecule has 0 amide bonds. The molecule has 13 heavy (non-hydrogen) atoms. The van der Waals surface area contributed by atoms with Gasteiger partial charge in [0, 0.05) is 11.9 Å². The molecule has 0 aliphatic heterocycles. The smallest absolute Gasteiger partial charge is 0.312 e. The van der Waals surface area contributed by atoms with Gasteiger partial charge in [-0.25, -0.2) is 0 Å². The van der Waals surface area contributed by atoms with Crippen LogP contribution >= 0.6 is 0 Å². The van der Waals surface area contributed by atoms with Crippen LogP contribution in [0, 0.1) is 0 Å². The van der Waals surface area contributed by atoms with E-state index in [1.807, 2.05) is 20.8 Å². The van der Waals surface area contributed by atoms with Gasteiger partial charge in [-0.15, -0.1) is 0 Å². The van der Waals surface area contributed by atoms with E-state index < -0.39 is 5.60 Å². The zero-order chi connectivity index (χ0) is 9.90. The Morgan fingerprint density at radius 3 is 2.77 bits per heavy atom. The molecule has 1 aromatic rings. The lowest BCUT2D eigenvalue weighted by molar-refractivity contribution is -0.153. The first kappa shape index (κ1) is 9.77. The van der Waals surface area contributed by atoms with Crippen molar-refractivity contribution in [3.05, 3.63) is 18.0 Å². The highest BCUT2D eigenvalue weighted by molar-refractivity contribution is 5.72. The predicted octanol–water partition coefficient (Wildman–Crippen LogP) is 1.29. The summed E-state index contributed by atoms with van der Waals surface area (Å²) < 4.78 is 5.12.